The van der Waals surface area contributed by atoms with E-state index in [1.807, 2.05) is 58.0 Å². The van der Waals surface area contributed by atoms with Gasteiger partial charge in [0.15, 0.2) is 11.8 Å². The summed E-state index contributed by atoms with van der Waals surface area (Å²) >= 11 is 1.21. The first kappa shape index (κ1) is 22.7. The molecule has 0 aliphatic carbocycles. The largest absolute Gasteiger partial charge is 0.457 e. The zero-order chi connectivity index (χ0) is 22.4. The maximum atomic E-state index is 12.7. The minimum absolute atomic E-state index is 0.0618. The Morgan fingerprint density at radius 2 is 1.68 bits per heavy atom. The van der Waals surface area contributed by atoms with E-state index in [4.69, 9.17) is 4.74 Å². The highest BCUT2D eigenvalue weighted by molar-refractivity contribution is 7.99. The van der Waals surface area contributed by atoms with Crippen LogP contribution in [0.25, 0.3) is 0 Å². The van der Waals surface area contributed by atoms with E-state index in [9.17, 15) is 9.59 Å². The number of ketones is 1. The molecule has 0 amide bonds. The van der Waals surface area contributed by atoms with Crippen LogP contribution in [0.3, 0.4) is 0 Å². The zero-order valence-electron chi connectivity index (χ0n) is 18.3. The third-order valence-electron chi connectivity index (χ3n) is 4.99. The Hall–Kier alpha value is -2.93. The molecule has 0 aliphatic heterocycles. The van der Waals surface area contributed by atoms with E-state index in [0.29, 0.717) is 10.7 Å². The van der Waals surface area contributed by atoms with E-state index in [-0.39, 0.29) is 18.1 Å². The average molecular weight is 438 g/mol. The molecule has 0 saturated carbocycles. The van der Waals surface area contributed by atoms with Crippen molar-refractivity contribution in [3.63, 3.8) is 0 Å². The topological polar surface area (TPSA) is 74.1 Å². The van der Waals surface area contributed by atoms with Gasteiger partial charge in [0, 0.05) is 34.9 Å². The fraction of sp³-hybridized carbons (Fsp3) is 0.333. The maximum absolute atomic E-state index is 12.7. The second kappa shape index (κ2) is 10.4. The molecule has 0 atom stereocenters. The van der Waals surface area contributed by atoms with Crippen LogP contribution in [0.4, 0.5) is 0 Å². The lowest BCUT2D eigenvalue weighted by molar-refractivity contribution is -0.139. The van der Waals surface area contributed by atoms with Crippen molar-refractivity contribution in [2.45, 2.75) is 45.8 Å². The van der Waals surface area contributed by atoms with Crippen LogP contribution in [0.15, 0.2) is 47.6 Å². The minimum atomic E-state index is -0.459. The van der Waals surface area contributed by atoms with E-state index < -0.39 is 5.97 Å². The summed E-state index contributed by atoms with van der Waals surface area (Å²) in [5.41, 5.74) is 5.46. The Morgan fingerprint density at radius 1 is 1.00 bits per heavy atom. The van der Waals surface area contributed by atoms with Crippen LogP contribution in [0.2, 0.25) is 0 Å². The van der Waals surface area contributed by atoms with Crippen LogP contribution in [-0.2, 0) is 22.5 Å². The zero-order valence-corrected chi connectivity index (χ0v) is 19.2. The standard InChI is InChI=1S/C24H27N3O3S/c1-16-12-17(2)26-24(25-16)31-15-23(29)30-14-22(28)21-13-18(3)27(19(21)4)11-10-20-8-6-5-7-9-20/h5-9,12-13H,10-11,14-15H2,1-4H3. The summed E-state index contributed by atoms with van der Waals surface area (Å²) in [5, 5.41) is 0.530. The van der Waals surface area contributed by atoms with Gasteiger partial charge >= 0.3 is 5.97 Å². The second-order valence-electron chi connectivity index (χ2n) is 7.48. The Labute approximate surface area is 187 Å². The highest BCUT2D eigenvalue weighted by Crippen LogP contribution is 2.18. The third kappa shape index (κ3) is 6.28. The lowest BCUT2D eigenvalue weighted by atomic mass is 10.1. The monoisotopic (exact) mass is 437 g/mol. The molecular formula is C24H27N3O3S. The predicted octanol–water partition coefficient (Wildman–Crippen LogP) is 4.27. The molecular weight excluding hydrogens is 410 g/mol. The van der Waals surface area contributed by atoms with Gasteiger partial charge in [0.25, 0.3) is 0 Å². The number of benzene rings is 1. The lowest BCUT2D eigenvalue weighted by Crippen LogP contribution is -2.16. The van der Waals surface area contributed by atoms with E-state index in [1.165, 1.54) is 17.3 Å². The molecule has 0 saturated heterocycles. The van der Waals surface area contributed by atoms with Gasteiger partial charge in [0.1, 0.15) is 0 Å². The van der Waals surface area contributed by atoms with Gasteiger partial charge in [-0.05, 0) is 51.8 Å². The van der Waals surface area contributed by atoms with Gasteiger partial charge in [0.2, 0.25) is 5.78 Å². The fourth-order valence-electron chi connectivity index (χ4n) is 3.46. The Balaban J connectivity index is 1.53. The number of rotatable bonds is 9. The van der Waals surface area contributed by atoms with Gasteiger partial charge in [-0.3, -0.25) is 9.59 Å². The van der Waals surface area contributed by atoms with Gasteiger partial charge in [-0.2, -0.15) is 0 Å². The molecule has 0 fully saturated rings. The molecule has 0 radical (unpaired) electrons. The summed E-state index contributed by atoms with van der Waals surface area (Å²) in [6, 6.07) is 14.0. The molecule has 162 valence electrons. The van der Waals surface area contributed by atoms with Crippen molar-refractivity contribution in [1.29, 1.82) is 0 Å². The van der Waals surface area contributed by atoms with Crippen molar-refractivity contribution >= 4 is 23.5 Å². The van der Waals surface area contributed by atoms with Gasteiger partial charge in [-0.1, -0.05) is 42.1 Å². The first-order chi connectivity index (χ1) is 14.8. The van der Waals surface area contributed by atoms with Crippen LogP contribution >= 0.6 is 11.8 Å². The second-order valence-corrected chi connectivity index (χ2v) is 8.42. The van der Waals surface area contributed by atoms with E-state index >= 15 is 0 Å². The van der Waals surface area contributed by atoms with Crippen molar-refractivity contribution in [1.82, 2.24) is 14.5 Å². The van der Waals surface area contributed by atoms with Crippen molar-refractivity contribution in [3.8, 4) is 0 Å². The third-order valence-corrected chi connectivity index (χ3v) is 5.81. The number of esters is 1. The smallest absolute Gasteiger partial charge is 0.316 e. The molecule has 3 aromatic rings. The van der Waals surface area contributed by atoms with Gasteiger partial charge in [-0.25, -0.2) is 9.97 Å². The number of hydrogen-bond acceptors (Lipinski definition) is 6. The van der Waals surface area contributed by atoms with Crippen LogP contribution in [0.1, 0.15) is 38.7 Å². The number of nitrogens with zero attached hydrogens (tertiary/aromatic N) is 3. The summed E-state index contributed by atoms with van der Waals surface area (Å²) in [4.78, 5) is 33.3. The number of ether oxygens (including phenoxy) is 1. The van der Waals surface area contributed by atoms with Crippen molar-refractivity contribution < 1.29 is 14.3 Å². The molecule has 31 heavy (non-hydrogen) atoms. The summed E-state index contributed by atoms with van der Waals surface area (Å²) in [6.07, 6.45) is 0.886. The Morgan fingerprint density at radius 3 is 2.35 bits per heavy atom. The first-order valence-corrected chi connectivity index (χ1v) is 11.2. The van der Waals surface area contributed by atoms with E-state index in [1.54, 1.807) is 0 Å². The number of carbonyl (C=O) groups is 2. The first-order valence-electron chi connectivity index (χ1n) is 10.2. The number of aromatic nitrogens is 3. The van der Waals surface area contributed by atoms with Crippen LogP contribution < -0.4 is 0 Å². The molecule has 0 bridgehead atoms. The molecule has 2 aromatic heterocycles. The van der Waals surface area contributed by atoms with Crippen molar-refractivity contribution in [2.75, 3.05) is 12.4 Å². The van der Waals surface area contributed by atoms with E-state index in [0.717, 1.165) is 35.7 Å². The predicted molar refractivity (Wildman–Crippen MR) is 122 cm³/mol. The van der Waals surface area contributed by atoms with Crippen LogP contribution in [0, 0.1) is 27.7 Å². The molecule has 0 aliphatic rings. The number of Topliss-reactive ketones (excluding diaryl/α,β-unsaturated/α-hetero) is 1. The average Bonchev–Trinajstić information content (AvgIpc) is 3.02. The summed E-state index contributed by atoms with van der Waals surface area (Å²) in [6.45, 7) is 8.21. The van der Waals surface area contributed by atoms with Gasteiger partial charge < -0.3 is 9.30 Å². The Bertz CT molecular complexity index is 1060. The molecule has 2 heterocycles. The SMILES string of the molecule is Cc1cc(C)nc(SCC(=O)OCC(=O)c2cc(C)n(CCc3ccccc3)c2C)n1. The normalized spacial score (nSPS) is 10.8. The van der Waals surface area contributed by atoms with Gasteiger partial charge in [-0.15, -0.1) is 0 Å². The molecule has 6 nitrogen and oxygen atoms in total. The Kier molecular flexibility index (Phi) is 7.63. The molecule has 0 N–H and O–H groups in total. The van der Waals surface area contributed by atoms with Gasteiger partial charge in [0.05, 0.1) is 5.75 Å². The van der Waals surface area contributed by atoms with Crippen molar-refractivity contribution in [2.24, 2.45) is 0 Å². The number of thioether (sulfide) groups is 1. The number of hydrogen-bond donors (Lipinski definition) is 0. The highest BCUT2D eigenvalue weighted by atomic mass is 32.2. The fourth-order valence-corrected chi connectivity index (χ4v) is 4.21. The molecule has 1 aromatic carbocycles. The minimum Gasteiger partial charge on any atom is -0.457 e. The summed E-state index contributed by atoms with van der Waals surface area (Å²) < 4.78 is 7.33. The summed E-state index contributed by atoms with van der Waals surface area (Å²) in [7, 11) is 0. The lowest BCUT2D eigenvalue weighted by Gasteiger charge is -2.10. The molecule has 0 spiro atoms. The molecule has 3 rings (SSSR count). The van der Waals surface area contributed by atoms with Crippen molar-refractivity contribution in [3.05, 3.63) is 76.4 Å². The molecule has 7 heteroatoms. The number of carbonyl (C=O) groups excluding carboxylic acids is 2. The highest BCUT2D eigenvalue weighted by Gasteiger charge is 2.17. The maximum Gasteiger partial charge on any atom is 0.316 e. The quantitative estimate of drug-likeness (QED) is 0.215. The number of aryl methyl sites for hydroxylation is 4. The van der Waals surface area contributed by atoms with Crippen LogP contribution in [0.5, 0.6) is 0 Å². The van der Waals surface area contributed by atoms with E-state index in [2.05, 4.69) is 26.7 Å². The molecule has 0 unspecified atom stereocenters. The summed E-state index contributed by atoms with van der Waals surface area (Å²) in [5.74, 6) is -0.592. The van der Waals surface area contributed by atoms with Crippen LogP contribution in [-0.4, -0.2) is 38.6 Å².